The van der Waals surface area contributed by atoms with Crippen LogP contribution < -0.4 is 0 Å². The Hall–Kier alpha value is -1.34. The van der Waals surface area contributed by atoms with Gasteiger partial charge in [0.1, 0.15) is 5.78 Å². The van der Waals surface area contributed by atoms with Crippen molar-refractivity contribution in [3.8, 4) is 11.8 Å². The van der Waals surface area contributed by atoms with Crippen LogP contribution in [0.5, 0.6) is 0 Å². The summed E-state index contributed by atoms with van der Waals surface area (Å²) in [4.78, 5) is 23.2. The number of rotatable bonds is 3. The van der Waals surface area contributed by atoms with Crippen LogP contribution in [-0.4, -0.2) is 29.1 Å². The molecule has 4 aliphatic rings. The molecule has 4 aliphatic carbocycles. The standard InChI is InChI=1S/C27H40O4/c1-18(28)22-9-10-23-21-8-7-20-17-27(30,12-5-6-16-31-19(2)29)15-14-25(20,3)24(21)11-13-26(22,23)4/h20-24,30H,7-17H2,1-4H3/t20?,21-,22+,23-,24-,25-,26+,27?/m0/s1. The minimum atomic E-state index is -0.712. The fourth-order valence-corrected chi connectivity index (χ4v) is 8.57. The van der Waals surface area contributed by atoms with Gasteiger partial charge in [0.05, 0.1) is 5.60 Å². The lowest BCUT2D eigenvalue weighted by Gasteiger charge is -2.62. The Morgan fingerprint density at radius 2 is 1.68 bits per heavy atom. The van der Waals surface area contributed by atoms with E-state index in [0.717, 1.165) is 37.5 Å². The van der Waals surface area contributed by atoms with Gasteiger partial charge in [0, 0.05) is 19.3 Å². The predicted octanol–water partition coefficient (Wildman–Crippen LogP) is 4.92. The number of Topliss-reactive ketones (excluding diaryl/α,β-unsaturated/α-hetero) is 1. The molecule has 0 aromatic rings. The van der Waals surface area contributed by atoms with Gasteiger partial charge in [-0.25, -0.2) is 0 Å². The molecule has 0 aromatic heterocycles. The summed E-state index contributed by atoms with van der Waals surface area (Å²) in [6.07, 6.45) is 10.4. The first-order chi connectivity index (χ1) is 14.6. The van der Waals surface area contributed by atoms with Crippen molar-refractivity contribution in [2.75, 3.05) is 6.61 Å². The van der Waals surface area contributed by atoms with Crippen molar-refractivity contribution in [2.45, 2.75) is 97.5 Å². The van der Waals surface area contributed by atoms with Gasteiger partial charge >= 0.3 is 5.97 Å². The number of esters is 1. The summed E-state index contributed by atoms with van der Waals surface area (Å²) in [5, 5.41) is 11.3. The summed E-state index contributed by atoms with van der Waals surface area (Å²) in [7, 11) is 0. The van der Waals surface area contributed by atoms with Crippen LogP contribution in [0.3, 0.4) is 0 Å². The van der Waals surface area contributed by atoms with E-state index in [1.807, 2.05) is 0 Å². The van der Waals surface area contributed by atoms with Crippen LogP contribution in [0, 0.1) is 52.3 Å². The van der Waals surface area contributed by atoms with Crippen molar-refractivity contribution in [3.05, 3.63) is 0 Å². The normalized spacial score (nSPS) is 46.0. The fourth-order valence-electron chi connectivity index (χ4n) is 8.57. The first-order valence-corrected chi connectivity index (χ1v) is 12.4. The summed E-state index contributed by atoms with van der Waals surface area (Å²) in [5.74, 6) is 9.02. The highest BCUT2D eigenvalue weighted by Gasteiger charge is 2.61. The quantitative estimate of drug-likeness (QED) is 0.512. The molecule has 4 rings (SSSR count). The van der Waals surface area contributed by atoms with Gasteiger partial charge in [-0.15, -0.1) is 0 Å². The third kappa shape index (κ3) is 3.97. The summed E-state index contributed by atoms with van der Waals surface area (Å²) in [6, 6.07) is 0. The lowest BCUT2D eigenvalue weighted by Crippen LogP contribution is -2.56. The molecule has 0 bridgehead atoms. The van der Waals surface area contributed by atoms with Gasteiger partial charge < -0.3 is 9.84 Å². The lowest BCUT2D eigenvalue weighted by atomic mass is 9.43. The molecule has 4 saturated carbocycles. The molecule has 0 aromatic carbocycles. The van der Waals surface area contributed by atoms with E-state index < -0.39 is 5.60 Å². The number of ether oxygens (including phenoxy) is 1. The van der Waals surface area contributed by atoms with Crippen LogP contribution in [0.1, 0.15) is 91.9 Å². The highest BCUT2D eigenvalue weighted by molar-refractivity contribution is 5.79. The second kappa shape index (κ2) is 8.22. The third-order valence-electron chi connectivity index (χ3n) is 10.2. The van der Waals surface area contributed by atoms with E-state index in [-0.39, 0.29) is 23.9 Å². The number of carbonyl (C=O) groups excluding carboxylic acids is 2. The molecule has 0 heterocycles. The molecular formula is C27H40O4. The monoisotopic (exact) mass is 428 g/mol. The van der Waals surface area contributed by atoms with Gasteiger partial charge in [-0.2, -0.15) is 0 Å². The van der Waals surface area contributed by atoms with Crippen molar-refractivity contribution >= 4 is 11.8 Å². The van der Waals surface area contributed by atoms with Crippen molar-refractivity contribution in [1.29, 1.82) is 0 Å². The van der Waals surface area contributed by atoms with Gasteiger partial charge in [-0.05, 0) is 99.2 Å². The second-order valence-electron chi connectivity index (χ2n) is 11.7. The summed E-state index contributed by atoms with van der Waals surface area (Å²) in [5.41, 5.74) is -0.199. The van der Waals surface area contributed by atoms with E-state index in [2.05, 4.69) is 25.7 Å². The number of ketones is 1. The number of hydrogen-bond donors (Lipinski definition) is 1. The summed E-state index contributed by atoms with van der Waals surface area (Å²) < 4.78 is 4.87. The third-order valence-corrected chi connectivity index (χ3v) is 10.2. The molecule has 4 nitrogen and oxygen atoms in total. The molecule has 8 atom stereocenters. The van der Waals surface area contributed by atoms with Crippen molar-refractivity contribution in [2.24, 2.45) is 40.4 Å². The summed E-state index contributed by atoms with van der Waals surface area (Å²) in [6.45, 7) is 8.21. The van der Waals surface area contributed by atoms with Gasteiger partial charge in [0.25, 0.3) is 0 Å². The van der Waals surface area contributed by atoms with Gasteiger partial charge in [-0.3, -0.25) is 9.59 Å². The largest absolute Gasteiger partial charge is 0.453 e. The van der Waals surface area contributed by atoms with Crippen LogP contribution in [-0.2, 0) is 14.3 Å². The SMILES string of the molecule is CC(=O)OCC#CCC1(O)CC[C@@]2(C)C(CC[C@H]3[C@@H]4CC[C@H](C(C)=O)[C@@]4(C)CC[C@@H]32)C1. The van der Waals surface area contributed by atoms with Crippen LogP contribution in [0.15, 0.2) is 0 Å². The topological polar surface area (TPSA) is 63.6 Å². The first-order valence-electron chi connectivity index (χ1n) is 12.4. The maximum Gasteiger partial charge on any atom is 0.303 e. The van der Waals surface area contributed by atoms with E-state index in [0.29, 0.717) is 29.5 Å². The molecule has 0 amide bonds. The fraction of sp³-hybridized carbons (Fsp3) is 0.852. The number of aliphatic hydroxyl groups is 1. The Morgan fingerprint density at radius 1 is 0.935 bits per heavy atom. The molecule has 2 unspecified atom stereocenters. The molecule has 0 radical (unpaired) electrons. The molecule has 0 spiro atoms. The van der Waals surface area contributed by atoms with Gasteiger partial charge in [0.2, 0.25) is 0 Å². The van der Waals surface area contributed by atoms with Crippen LogP contribution >= 0.6 is 0 Å². The number of carbonyl (C=O) groups is 2. The molecule has 1 N–H and O–H groups in total. The molecule has 0 saturated heterocycles. The Labute approximate surface area is 187 Å². The van der Waals surface area contributed by atoms with Crippen LogP contribution in [0.2, 0.25) is 0 Å². The zero-order valence-corrected chi connectivity index (χ0v) is 19.8. The highest BCUT2D eigenvalue weighted by Crippen LogP contribution is 2.68. The van der Waals surface area contributed by atoms with E-state index in [9.17, 15) is 14.7 Å². The van der Waals surface area contributed by atoms with E-state index in [1.165, 1.54) is 39.0 Å². The van der Waals surface area contributed by atoms with Gasteiger partial charge in [0.15, 0.2) is 6.61 Å². The van der Waals surface area contributed by atoms with E-state index in [4.69, 9.17) is 4.74 Å². The van der Waals surface area contributed by atoms with Crippen LogP contribution in [0.4, 0.5) is 0 Å². The Morgan fingerprint density at radius 3 is 2.39 bits per heavy atom. The van der Waals surface area contributed by atoms with E-state index >= 15 is 0 Å². The average molecular weight is 429 g/mol. The van der Waals surface area contributed by atoms with Crippen molar-refractivity contribution in [1.82, 2.24) is 0 Å². The lowest BCUT2D eigenvalue weighted by molar-refractivity contribution is -0.152. The molecule has 172 valence electrons. The average Bonchev–Trinajstić information content (AvgIpc) is 3.06. The highest BCUT2D eigenvalue weighted by atomic mass is 16.5. The molecule has 0 aliphatic heterocycles. The second-order valence-corrected chi connectivity index (χ2v) is 11.7. The minimum absolute atomic E-state index is 0.109. The van der Waals surface area contributed by atoms with E-state index in [1.54, 1.807) is 6.92 Å². The summed E-state index contributed by atoms with van der Waals surface area (Å²) >= 11 is 0. The first kappa shape index (κ1) is 22.8. The number of hydrogen-bond acceptors (Lipinski definition) is 4. The Balaban J connectivity index is 1.44. The van der Waals surface area contributed by atoms with Crippen LogP contribution in [0.25, 0.3) is 0 Å². The molecule has 4 fully saturated rings. The smallest absolute Gasteiger partial charge is 0.303 e. The maximum atomic E-state index is 12.3. The predicted molar refractivity (Wildman–Crippen MR) is 120 cm³/mol. The zero-order chi connectivity index (χ0) is 22.4. The Bertz CT molecular complexity index is 793. The number of fused-ring (bicyclic) bond motifs is 5. The van der Waals surface area contributed by atoms with Crippen molar-refractivity contribution < 1.29 is 19.4 Å². The zero-order valence-electron chi connectivity index (χ0n) is 19.8. The Kier molecular flexibility index (Phi) is 6.05. The maximum absolute atomic E-state index is 12.3. The minimum Gasteiger partial charge on any atom is -0.453 e. The molecule has 31 heavy (non-hydrogen) atoms. The van der Waals surface area contributed by atoms with Crippen molar-refractivity contribution in [3.63, 3.8) is 0 Å². The van der Waals surface area contributed by atoms with Gasteiger partial charge in [-0.1, -0.05) is 25.7 Å². The molecule has 4 heteroatoms. The molecular weight excluding hydrogens is 388 g/mol.